The third-order valence-corrected chi connectivity index (χ3v) is 4.58. The summed E-state index contributed by atoms with van der Waals surface area (Å²) in [6.07, 6.45) is 3.25. The lowest BCUT2D eigenvalue weighted by atomic mass is 9.97. The highest BCUT2D eigenvalue weighted by molar-refractivity contribution is 5.89. The molecule has 4 nitrogen and oxygen atoms in total. The van der Waals surface area contributed by atoms with E-state index in [0.717, 1.165) is 25.3 Å². The van der Waals surface area contributed by atoms with Gasteiger partial charge in [0.2, 0.25) is 0 Å². The van der Waals surface area contributed by atoms with Gasteiger partial charge in [-0.25, -0.2) is 0 Å². The Bertz CT molecular complexity index is 619. The van der Waals surface area contributed by atoms with Gasteiger partial charge in [0.1, 0.15) is 5.75 Å². The summed E-state index contributed by atoms with van der Waals surface area (Å²) in [6, 6.07) is 6.94. The third kappa shape index (κ3) is 2.00. The van der Waals surface area contributed by atoms with Crippen molar-refractivity contribution in [2.24, 2.45) is 18.7 Å². The van der Waals surface area contributed by atoms with E-state index in [9.17, 15) is 0 Å². The van der Waals surface area contributed by atoms with Crippen LogP contribution in [-0.4, -0.2) is 36.7 Å². The summed E-state index contributed by atoms with van der Waals surface area (Å²) in [6.45, 7) is 1.86. The fraction of sp³-hybridized carbons (Fsp3) is 0.500. The van der Waals surface area contributed by atoms with Gasteiger partial charge >= 0.3 is 0 Å². The maximum atomic E-state index is 5.85. The number of methoxy groups -OCH3 is 1. The van der Waals surface area contributed by atoms with Crippen LogP contribution in [0.3, 0.4) is 0 Å². The number of aromatic nitrogens is 1. The first-order valence-corrected chi connectivity index (χ1v) is 7.18. The van der Waals surface area contributed by atoms with Crippen molar-refractivity contribution in [3.05, 3.63) is 30.0 Å². The molecule has 0 bridgehead atoms. The second-order valence-corrected chi connectivity index (χ2v) is 5.84. The van der Waals surface area contributed by atoms with Gasteiger partial charge in [0.15, 0.2) is 0 Å². The van der Waals surface area contributed by atoms with Gasteiger partial charge in [-0.05, 0) is 43.6 Å². The van der Waals surface area contributed by atoms with Crippen LogP contribution in [0.4, 0.5) is 0 Å². The Kier molecular flexibility index (Phi) is 3.44. The van der Waals surface area contributed by atoms with E-state index in [1.165, 1.54) is 16.5 Å². The minimum absolute atomic E-state index is 0.458. The Morgan fingerprint density at radius 1 is 1.30 bits per heavy atom. The Labute approximate surface area is 120 Å². The summed E-state index contributed by atoms with van der Waals surface area (Å²) in [5.41, 5.74) is 8.41. The topological polar surface area (TPSA) is 43.4 Å². The van der Waals surface area contributed by atoms with E-state index in [-0.39, 0.29) is 0 Å². The van der Waals surface area contributed by atoms with Crippen molar-refractivity contribution in [2.75, 3.05) is 27.2 Å². The monoisotopic (exact) mass is 273 g/mol. The summed E-state index contributed by atoms with van der Waals surface area (Å²) in [7, 11) is 5.99. The van der Waals surface area contributed by atoms with Gasteiger partial charge in [-0.1, -0.05) is 6.07 Å². The first-order chi connectivity index (χ1) is 9.65. The van der Waals surface area contributed by atoms with Crippen LogP contribution in [0.25, 0.3) is 10.9 Å². The Hall–Kier alpha value is -1.52. The Morgan fingerprint density at radius 3 is 2.75 bits per heavy atom. The summed E-state index contributed by atoms with van der Waals surface area (Å²) >= 11 is 0. The molecule has 2 N–H and O–H groups in total. The average Bonchev–Trinajstić information content (AvgIpc) is 3.02. The standard InChI is InChI=1S/C16H23N3O/c1-18-7-6-13-12(4-5-15(20-3)16(13)18)14-8-11(9-17)10-19(14)2/h4-7,11,14H,8-10,17H2,1-3H3. The number of nitrogens with two attached hydrogens (primary N) is 1. The third-order valence-electron chi connectivity index (χ3n) is 4.58. The number of hydrogen-bond donors (Lipinski definition) is 1. The highest BCUT2D eigenvalue weighted by Crippen LogP contribution is 2.39. The number of hydrogen-bond acceptors (Lipinski definition) is 3. The number of nitrogens with zero attached hydrogens (tertiary/aromatic N) is 2. The van der Waals surface area contributed by atoms with E-state index < -0.39 is 0 Å². The lowest BCUT2D eigenvalue weighted by molar-refractivity contribution is 0.315. The van der Waals surface area contributed by atoms with E-state index in [1.807, 2.05) is 0 Å². The zero-order valence-electron chi connectivity index (χ0n) is 12.5. The minimum atomic E-state index is 0.458. The molecule has 2 unspecified atom stereocenters. The fourth-order valence-corrected chi connectivity index (χ4v) is 3.50. The number of ether oxygens (including phenoxy) is 1. The highest BCUT2D eigenvalue weighted by Gasteiger charge is 2.31. The van der Waals surface area contributed by atoms with Crippen LogP contribution in [0.5, 0.6) is 5.75 Å². The van der Waals surface area contributed by atoms with Gasteiger partial charge in [-0.3, -0.25) is 4.90 Å². The van der Waals surface area contributed by atoms with Crippen LogP contribution >= 0.6 is 0 Å². The molecule has 1 aliphatic rings. The van der Waals surface area contributed by atoms with E-state index in [2.05, 4.69) is 48.0 Å². The fourth-order valence-electron chi connectivity index (χ4n) is 3.50. The van der Waals surface area contributed by atoms with Gasteiger partial charge in [0.05, 0.1) is 12.6 Å². The SMILES string of the molecule is COc1ccc(C2CC(CN)CN2C)c2ccn(C)c12. The van der Waals surface area contributed by atoms with Gasteiger partial charge in [0.25, 0.3) is 0 Å². The molecule has 4 heteroatoms. The number of aryl methyl sites for hydroxylation is 1. The molecule has 3 rings (SSSR count). The molecule has 1 saturated heterocycles. The van der Waals surface area contributed by atoms with Crippen molar-refractivity contribution in [1.29, 1.82) is 0 Å². The van der Waals surface area contributed by atoms with Crippen LogP contribution in [-0.2, 0) is 7.05 Å². The minimum Gasteiger partial charge on any atom is -0.495 e. The van der Waals surface area contributed by atoms with Gasteiger partial charge in [-0.2, -0.15) is 0 Å². The smallest absolute Gasteiger partial charge is 0.143 e. The lowest BCUT2D eigenvalue weighted by Gasteiger charge is -2.21. The predicted octanol–water partition coefficient (Wildman–Crippen LogP) is 2.14. The average molecular weight is 273 g/mol. The molecule has 20 heavy (non-hydrogen) atoms. The highest BCUT2D eigenvalue weighted by atomic mass is 16.5. The van der Waals surface area contributed by atoms with E-state index in [1.54, 1.807) is 7.11 Å². The molecular weight excluding hydrogens is 250 g/mol. The molecular formula is C16H23N3O. The van der Waals surface area contributed by atoms with Gasteiger partial charge < -0.3 is 15.0 Å². The van der Waals surface area contributed by atoms with Crippen LogP contribution in [0.15, 0.2) is 24.4 Å². The largest absolute Gasteiger partial charge is 0.495 e. The van der Waals surface area contributed by atoms with Crippen LogP contribution in [0.1, 0.15) is 18.0 Å². The lowest BCUT2D eigenvalue weighted by Crippen LogP contribution is -2.20. The zero-order valence-corrected chi connectivity index (χ0v) is 12.5. The second kappa shape index (κ2) is 5.11. The first-order valence-electron chi connectivity index (χ1n) is 7.18. The maximum absolute atomic E-state index is 5.85. The molecule has 108 valence electrons. The molecule has 0 radical (unpaired) electrons. The summed E-state index contributed by atoms with van der Waals surface area (Å²) in [4.78, 5) is 2.42. The predicted molar refractivity (Wildman–Crippen MR) is 82.0 cm³/mol. The van der Waals surface area contributed by atoms with Crippen molar-refractivity contribution < 1.29 is 4.74 Å². The Morgan fingerprint density at radius 2 is 2.10 bits per heavy atom. The summed E-state index contributed by atoms with van der Waals surface area (Å²) in [5, 5.41) is 1.29. The van der Waals surface area contributed by atoms with Crippen molar-refractivity contribution in [3.63, 3.8) is 0 Å². The quantitative estimate of drug-likeness (QED) is 0.931. The van der Waals surface area contributed by atoms with Crippen LogP contribution in [0.2, 0.25) is 0 Å². The normalized spacial score (nSPS) is 23.6. The van der Waals surface area contributed by atoms with Crippen LogP contribution < -0.4 is 10.5 Å². The van der Waals surface area contributed by atoms with Crippen molar-refractivity contribution in [3.8, 4) is 5.75 Å². The van der Waals surface area contributed by atoms with Crippen LogP contribution in [0, 0.1) is 5.92 Å². The van der Waals surface area contributed by atoms with Crippen molar-refractivity contribution >= 4 is 10.9 Å². The Balaban J connectivity index is 2.09. The second-order valence-electron chi connectivity index (χ2n) is 5.84. The van der Waals surface area contributed by atoms with Crippen molar-refractivity contribution in [1.82, 2.24) is 9.47 Å². The van der Waals surface area contributed by atoms with E-state index in [0.29, 0.717) is 12.0 Å². The zero-order chi connectivity index (χ0) is 14.3. The molecule has 1 aromatic carbocycles. The van der Waals surface area contributed by atoms with Gasteiger partial charge in [-0.15, -0.1) is 0 Å². The van der Waals surface area contributed by atoms with E-state index >= 15 is 0 Å². The molecule has 2 aromatic rings. The van der Waals surface area contributed by atoms with Crippen molar-refractivity contribution in [2.45, 2.75) is 12.5 Å². The van der Waals surface area contributed by atoms with Gasteiger partial charge in [0, 0.05) is 31.2 Å². The molecule has 1 aromatic heterocycles. The number of benzene rings is 1. The molecule has 0 spiro atoms. The van der Waals surface area contributed by atoms with E-state index in [4.69, 9.17) is 10.5 Å². The summed E-state index contributed by atoms with van der Waals surface area (Å²) in [5.74, 6) is 1.54. The first kappa shape index (κ1) is 13.5. The molecule has 0 saturated carbocycles. The molecule has 1 fully saturated rings. The number of likely N-dealkylation sites (tertiary alicyclic amines) is 1. The molecule has 2 atom stereocenters. The molecule has 0 amide bonds. The number of rotatable bonds is 3. The summed E-state index contributed by atoms with van der Waals surface area (Å²) < 4.78 is 7.63. The molecule has 2 heterocycles. The maximum Gasteiger partial charge on any atom is 0.143 e. The molecule has 0 aliphatic carbocycles. The molecule has 1 aliphatic heterocycles. The number of fused-ring (bicyclic) bond motifs is 1.